The first-order valence-corrected chi connectivity index (χ1v) is 8.57. The predicted octanol–water partition coefficient (Wildman–Crippen LogP) is 2.82. The maximum Gasteiger partial charge on any atom is 0.283 e. The van der Waals surface area contributed by atoms with E-state index in [0.29, 0.717) is 16.2 Å². The topological polar surface area (TPSA) is 82.7 Å². The van der Waals surface area contributed by atoms with Gasteiger partial charge in [-0.15, -0.1) is 5.10 Å². The van der Waals surface area contributed by atoms with E-state index in [4.69, 9.17) is 11.6 Å². The van der Waals surface area contributed by atoms with Crippen molar-refractivity contribution >= 4 is 28.5 Å². The van der Waals surface area contributed by atoms with Crippen LogP contribution >= 0.6 is 11.6 Å². The van der Waals surface area contributed by atoms with Gasteiger partial charge in [0.15, 0.2) is 16.9 Å². The zero-order chi connectivity index (χ0) is 19.0. The summed E-state index contributed by atoms with van der Waals surface area (Å²) in [6.07, 6.45) is 1.34. The van der Waals surface area contributed by atoms with Gasteiger partial charge in [-0.25, -0.2) is 4.98 Å². The predicted molar refractivity (Wildman–Crippen MR) is 101 cm³/mol. The Morgan fingerprint density at radius 1 is 1.15 bits per heavy atom. The molecule has 2 heterocycles. The van der Waals surface area contributed by atoms with Crippen LogP contribution in [-0.2, 0) is 6.54 Å². The molecule has 134 valence electrons. The number of Topliss-reactive ketones (excluding diaryl/α,β-unsaturated/α-hetero) is 1. The number of halogens is 1. The standard InChI is InChI=1S/C19H14ClN5O2/c1-12-3-2-4-15(9-12)25-18-17(22-23-25)19(27)24(11-21-18)10-16(26)13-5-7-14(20)8-6-13/h2-9,11H,10H2,1H3. The third-order valence-corrected chi connectivity index (χ3v) is 4.41. The zero-order valence-electron chi connectivity index (χ0n) is 14.3. The van der Waals surface area contributed by atoms with Crippen molar-refractivity contribution in [2.24, 2.45) is 0 Å². The summed E-state index contributed by atoms with van der Waals surface area (Å²) in [5.74, 6) is -0.221. The van der Waals surface area contributed by atoms with Crippen molar-refractivity contribution in [3.05, 3.63) is 81.4 Å². The molecule has 0 fully saturated rings. The monoisotopic (exact) mass is 379 g/mol. The molecular weight excluding hydrogens is 366 g/mol. The van der Waals surface area contributed by atoms with Crippen LogP contribution < -0.4 is 5.56 Å². The number of carbonyl (C=O) groups excluding carboxylic acids is 1. The maximum atomic E-state index is 12.7. The molecule has 0 spiro atoms. The highest BCUT2D eigenvalue weighted by molar-refractivity contribution is 6.30. The highest BCUT2D eigenvalue weighted by atomic mass is 35.5. The quantitative estimate of drug-likeness (QED) is 0.509. The molecule has 27 heavy (non-hydrogen) atoms. The van der Waals surface area contributed by atoms with E-state index < -0.39 is 5.56 Å². The number of carbonyl (C=O) groups is 1. The molecule has 0 bridgehead atoms. The summed E-state index contributed by atoms with van der Waals surface area (Å²) in [5.41, 5.74) is 2.33. The minimum absolute atomic E-state index is 0.114. The van der Waals surface area contributed by atoms with E-state index in [1.54, 1.807) is 24.3 Å². The van der Waals surface area contributed by atoms with E-state index in [9.17, 15) is 9.59 Å². The first kappa shape index (κ1) is 17.1. The van der Waals surface area contributed by atoms with Crippen molar-refractivity contribution in [3.8, 4) is 5.69 Å². The minimum Gasteiger partial charge on any atom is -0.292 e. The van der Waals surface area contributed by atoms with E-state index in [-0.39, 0.29) is 17.8 Å². The molecule has 4 rings (SSSR count). The summed E-state index contributed by atoms with van der Waals surface area (Å²) in [6.45, 7) is 1.83. The second-order valence-electron chi connectivity index (χ2n) is 6.12. The van der Waals surface area contributed by atoms with Crippen LogP contribution in [0.3, 0.4) is 0 Å². The SMILES string of the molecule is Cc1cccc(-n2nnc3c(=O)n(CC(=O)c4ccc(Cl)cc4)cnc32)c1. The van der Waals surface area contributed by atoms with Crippen LogP contribution in [0.2, 0.25) is 5.02 Å². The molecule has 2 aromatic carbocycles. The molecule has 0 radical (unpaired) electrons. The van der Waals surface area contributed by atoms with Crippen LogP contribution in [0.15, 0.2) is 59.7 Å². The summed E-state index contributed by atoms with van der Waals surface area (Å²) in [5, 5.41) is 8.55. The number of aryl methyl sites for hydroxylation is 1. The fourth-order valence-electron chi connectivity index (χ4n) is 2.77. The third-order valence-electron chi connectivity index (χ3n) is 4.16. The number of fused-ring (bicyclic) bond motifs is 1. The lowest BCUT2D eigenvalue weighted by Gasteiger charge is -2.06. The molecule has 0 aliphatic carbocycles. The molecule has 0 amide bonds. The average Bonchev–Trinajstić information content (AvgIpc) is 3.09. The zero-order valence-corrected chi connectivity index (χ0v) is 15.1. The van der Waals surface area contributed by atoms with Crippen molar-refractivity contribution < 1.29 is 4.79 Å². The summed E-state index contributed by atoms with van der Waals surface area (Å²) >= 11 is 5.84. The van der Waals surface area contributed by atoms with E-state index in [2.05, 4.69) is 15.3 Å². The molecule has 0 N–H and O–H groups in total. The largest absolute Gasteiger partial charge is 0.292 e. The Morgan fingerprint density at radius 3 is 2.67 bits per heavy atom. The Morgan fingerprint density at radius 2 is 1.93 bits per heavy atom. The van der Waals surface area contributed by atoms with Gasteiger partial charge in [-0.3, -0.25) is 14.2 Å². The number of nitrogens with zero attached hydrogens (tertiary/aromatic N) is 5. The second kappa shape index (κ2) is 6.77. The Labute approximate surface area is 158 Å². The number of hydrogen-bond acceptors (Lipinski definition) is 5. The van der Waals surface area contributed by atoms with Crippen molar-refractivity contribution in [3.63, 3.8) is 0 Å². The third kappa shape index (κ3) is 3.24. The van der Waals surface area contributed by atoms with Gasteiger partial charge < -0.3 is 0 Å². The molecule has 0 saturated heterocycles. The molecule has 2 aromatic heterocycles. The summed E-state index contributed by atoms with van der Waals surface area (Å²) in [6, 6.07) is 14.1. The minimum atomic E-state index is -0.416. The van der Waals surface area contributed by atoms with Gasteiger partial charge in [-0.05, 0) is 48.9 Å². The molecule has 0 aliphatic heterocycles. The molecule has 0 unspecified atom stereocenters. The van der Waals surface area contributed by atoms with E-state index >= 15 is 0 Å². The van der Waals surface area contributed by atoms with Crippen molar-refractivity contribution in [1.82, 2.24) is 24.5 Å². The number of aromatic nitrogens is 5. The molecular formula is C19H14ClN5O2. The Bertz CT molecular complexity index is 1210. The van der Waals surface area contributed by atoms with Crippen LogP contribution in [0, 0.1) is 6.92 Å². The molecule has 8 heteroatoms. The van der Waals surface area contributed by atoms with E-state index in [1.165, 1.54) is 15.6 Å². The van der Waals surface area contributed by atoms with E-state index in [1.807, 2.05) is 31.2 Å². The fourth-order valence-corrected chi connectivity index (χ4v) is 2.90. The smallest absolute Gasteiger partial charge is 0.283 e. The first-order valence-electron chi connectivity index (χ1n) is 8.19. The average molecular weight is 380 g/mol. The Hall–Kier alpha value is -3.32. The molecule has 4 aromatic rings. The van der Waals surface area contributed by atoms with Gasteiger partial charge in [-0.1, -0.05) is 28.9 Å². The lowest BCUT2D eigenvalue weighted by molar-refractivity contribution is 0.0970. The molecule has 0 saturated carbocycles. The Balaban J connectivity index is 1.70. The van der Waals surface area contributed by atoms with Crippen molar-refractivity contribution in [2.75, 3.05) is 0 Å². The number of rotatable bonds is 4. The van der Waals surface area contributed by atoms with Gasteiger partial charge in [-0.2, -0.15) is 4.68 Å². The van der Waals surface area contributed by atoms with Crippen molar-refractivity contribution in [2.45, 2.75) is 13.5 Å². The lowest BCUT2D eigenvalue weighted by atomic mass is 10.1. The van der Waals surface area contributed by atoms with Crippen LogP contribution in [0.25, 0.3) is 16.9 Å². The molecule has 7 nitrogen and oxygen atoms in total. The second-order valence-corrected chi connectivity index (χ2v) is 6.56. The normalized spacial score (nSPS) is 11.0. The maximum absolute atomic E-state index is 12.7. The highest BCUT2D eigenvalue weighted by Gasteiger charge is 2.15. The van der Waals surface area contributed by atoms with Gasteiger partial charge in [0, 0.05) is 10.6 Å². The van der Waals surface area contributed by atoms with Gasteiger partial charge in [0.2, 0.25) is 0 Å². The summed E-state index contributed by atoms with van der Waals surface area (Å²) < 4.78 is 2.74. The number of hydrogen-bond donors (Lipinski definition) is 0. The number of ketones is 1. The van der Waals surface area contributed by atoms with Crippen LogP contribution in [0.4, 0.5) is 0 Å². The van der Waals surface area contributed by atoms with Crippen LogP contribution in [-0.4, -0.2) is 30.3 Å². The summed E-state index contributed by atoms with van der Waals surface area (Å²) in [4.78, 5) is 29.4. The number of benzene rings is 2. The fraction of sp³-hybridized carbons (Fsp3) is 0.105. The highest BCUT2D eigenvalue weighted by Crippen LogP contribution is 2.14. The first-order chi connectivity index (χ1) is 13.0. The van der Waals surface area contributed by atoms with Crippen molar-refractivity contribution in [1.29, 1.82) is 0 Å². The molecule has 0 aliphatic rings. The van der Waals surface area contributed by atoms with Gasteiger partial charge in [0.1, 0.15) is 6.33 Å². The Kier molecular flexibility index (Phi) is 4.29. The van der Waals surface area contributed by atoms with E-state index in [0.717, 1.165) is 11.3 Å². The lowest BCUT2D eigenvalue weighted by Crippen LogP contribution is -2.25. The van der Waals surface area contributed by atoms with Crippen LogP contribution in [0.5, 0.6) is 0 Å². The van der Waals surface area contributed by atoms with Gasteiger partial charge >= 0.3 is 0 Å². The van der Waals surface area contributed by atoms with Crippen LogP contribution in [0.1, 0.15) is 15.9 Å². The van der Waals surface area contributed by atoms with Gasteiger partial charge in [0.05, 0.1) is 12.2 Å². The summed E-state index contributed by atoms with van der Waals surface area (Å²) in [7, 11) is 0. The molecule has 0 atom stereocenters. The van der Waals surface area contributed by atoms with Gasteiger partial charge in [0.25, 0.3) is 5.56 Å².